The number of nitrogens with zero attached hydrogens (tertiary/aromatic N) is 2. The van der Waals surface area contributed by atoms with Gasteiger partial charge in [0.15, 0.2) is 0 Å². The number of aliphatic hydroxyl groups excluding tert-OH is 1. The second-order valence-electron chi connectivity index (χ2n) is 4.31. The van der Waals surface area contributed by atoms with E-state index in [0.29, 0.717) is 0 Å². The first-order valence-corrected chi connectivity index (χ1v) is 5.36. The van der Waals surface area contributed by atoms with Crippen LogP contribution in [0, 0.1) is 0 Å². The lowest BCUT2D eigenvalue weighted by molar-refractivity contribution is 0.0542. The molecule has 0 saturated carbocycles. The normalized spacial score (nSPS) is 12.1. The second-order valence-corrected chi connectivity index (χ2v) is 4.31. The van der Waals surface area contributed by atoms with E-state index in [2.05, 4.69) is 16.8 Å². The van der Waals surface area contributed by atoms with E-state index >= 15 is 0 Å². The largest absolute Gasteiger partial charge is 0.394 e. The summed E-state index contributed by atoms with van der Waals surface area (Å²) in [6, 6.07) is 5.91. The Morgan fingerprint density at radius 3 is 2.60 bits per heavy atom. The maximum atomic E-state index is 9.31. The molecule has 1 aromatic heterocycles. The predicted octanol–water partition coefficient (Wildman–Crippen LogP) is 1.67. The average Bonchev–Trinajstić information content (AvgIpc) is 2.27. The minimum atomic E-state index is -0.188. The van der Waals surface area contributed by atoms with Gasteiger partial charge in [-0.25, -0.2) is 0 Å². The van der Waals surface area contributed by atoms with E-state index in [1.165, 1.54) is 0 Å². The van der Waals surface area contributed by atoms with Gasteiger partial charge in [0.2, 0.25) is 0 Å². The number of rotatable bonds is 5. The maximum Gasteiger partial charge on any atom is 0.0610 e. The standard InChI is InChI=1S/C12H20N2O/c1-4-14(12(2,3)10-15)9-11-7-5-6-8-13-11/h5-8,15H,4,9-10H2,1-3H3. The molecular formula is C12H20N2O. The quantitative estimate of drug-likeness (QED) is 0.799. The van der Waals surface area contributed by atoms with Gasteiger partial charge in [0, 0.05) is 18.3 Å². The second kappa shape index (κ2) is 5.24. The average molecular weight is 208 g/mol. The van der Waals surface area contributed by atoms with Gasteiger partial charge >= 0.3 is 0 Å². The summed E-state index contributed by atoms with van der Waals surface area (Å²) in [5.74, 6) is 0. The molecule has 1 rings (SSSR count). The highest BCUT2D eigenvalue weighted by Crippen LogP contribution is 2.15. The first-order valence-electron chi connectivity index (χ1n) is 5.36. The van der Waals surface area contributed by atoms with Crippen molar-refractivity contribution >= 4 is 0 Å². The van der Waals surface area contributed by atoms with Crippen molar-refractivity contribution in [3.63, 3.8) is 0 Å². The van der Waals surface area contributed by atoms with Crippen LogP contribution in [0.3, 0.4) is 0 Å². The van der Waals surface area contributed by atoms with Crippen molar-refractivity contribution in [2.75, 3.05) is 13.2 Å². The van der Waals surface area contributed by atoms with Gasteiger partial charge in [-0.2, -0.15) is 0 Å². The van der Waals surface area contributed by atoms with Crippen LogP contribution in [0.5, 0.6) is 0 Å². The molecule has 0 fully saturated rings. The minimum absolute atomic E-state index is 0.160. The van der Waals surface area contributed by atoms with E-state index in [1.807, 2.05) is 32.0 Å². The van der Waals surface area contributed by atoms with Gasteiger partial charge in [-0.3, -0.25) is 9.88 Å². The van der Waals surface area contributed by atoms with Crippen LogP contribution >= 0.6 is 0 Å². The lowest BCUT2D eigenvalue weighted by Crippen LogP contribution is -2.46. The topological polar surface area (TPSA) is 36.4 Å². The predicted molar refractivity (Wildman–Crippen MR) is 61.5 cm³/mol. The molecule has 0 saturated heterocycles. The molecule has 1 aromatic rings. The first kappa shape index (κ1) is 12.1. The third-order valence-electron chi connectivity index (χ3n) is 2.70. The van der Waals surface area contributed by atoms with Gasteiger partial charge < -0.3 is 5.11 Å². The zero-order valence-corrected chi connectivity index (χ0v) is 9.77. The lowest BCUT2D eigenvalue weighted by Gasteiger charge is -2.36. The molecule has 0 aliphatic heterocycles. The third kappa shape index (κ3) is 3.29. The zero-order valence-electron chi connectivity index (χ0n) is 9.77. The van der Waals surface area contributed by atoms with Crippen molar-refractivity contribution in [3.8, 4) is 0 Å². The first-order chi connectivity index (χ1) is 7.10. The number of hydrogen-bond acceptors (Lipinski definition) is 3. The summed E-state index contributed by atoms with van der Waals surface area (Å²) < 4.78 is 0. The van der Waals surface area contributed by atoms with Crippen LogP contribution in [-0.4, -0.2) is 33.7 Å². The van der Waals surface area contributed by atoms with Crippen LogP contribution in [0.2, 0.25) is 0 Å². The van der Waals surface area contributed by atoms with Crippen molar-refractivity contribution in [1.29, 1.82) is 0 Å². The van der Waals surface area contributed by atoms with Crippen molar-refractivity contribution in [1.82, 2.24) is 9.88 Å². The van der Waals surface area contributed by atoms with E-state index in [0.717, 1.165) is 18.8 Å². The molecule has 0 aromatic carbocycles. The molecule has 15 heavy (non-hydrogen) atoms. The molecule has 0 aliphatic carbocycles. The van der Waals surface area contributed by atoms with Gasteiger partial charge in [-0.15, -0.1) is 0 Å². The summed E-state index contributed by atoms with van der Waals surface area (Å²) in [7, 11) is 0. The highest BCUT2D eigenvalue weighted by molar-refractivity contribution is 5.04. The summed E-state index contributed by atoms with van der Waals surface area (Å²) >= 11 is 0. The number of likely N-dealkylation sites (N-methyl/N-ethyl adjacent to an activating group) is 1. The smallest absolute Gasteiger partial charge is 0.0610 e. The fourth-order valence-electron chi connectivity index (χ4n) is 1.54. The molecule has 0 aliphatic rings. The number of hydrogen-bond donors (Lipinski definition) is 1. The van der Waals surface area contributed by atoms with Crippen molar-refractivity contribution in [2.45, 2.75) is 32.9 Å². The third-order valence-corrected chi connectivity index (χ3v) is 2.70. The highest BCUT2D eigenvalue weighted by atomic mass is 16.3. The van der Waals surface area contributed by atoms with Gasteiger partial charge in [0.05, 0.1) is 12.3 Å². The number of aliphatic hydroxyl groups is 1. The molecule has 0 spiro atoms. The lowest BCUT2D eigenvalue weighted by atomic mass is 10.0. The Morgan fingerprint density at radius 2 is 2.13 bits per heavy atom. The van der Waals surface area contributed by atoms with Crippen LogP contribution < -0.4 is 0 Å². The molecule has 1 N–H and O–H groups in total. The summed E-state index contributed by atoms with van der Waals surface area (Å²) in [6.45, 7) is 8.03. The van der Waals surface area contributed by atoms with E-state index in [-0.39, 0.29) is 12.1 Å². The summed E-state index contributed by atoms with van der Waals surface area (Å²) in [6.07, 6.45) is 1.80. The number of pyridine rings is 1. The summed E-state index contributed by atoms with van der Waals surface area (Å²) in [4.78, 5) is 6.51. The van der Waals surface area contributed by atoms with Crippen molar-refractivity contribution < 1.29 is 5.11 Å². The van der Waals surface area contributed by atoms with Crippen molar-refractivity contribution in [2.24, 2.45) is 0 Å². The molecule has 84 valence electrons. The molecule has 3 heteroatoms. The Morgan fingerprint density at radius 1 is 1.40 bits per heavy atom. The molecule has 0 unspecified atom stereocenters. The Kier molecular flexibility index (Phi) is 4.24. The molecule has 1 heterocycles. The van der Waals surface area contributed by atoms with Gasteiger partial charge in [-0.1, -0.05) is 13.0 Å². The van der Waals surface area contributed by atoms with Crippen LogP contribution in [0.15, 0.2) is 24.4 Å². The monoisotopic (exact) mass is 208 g/mol. The molecule has 0 bridgehead atoms. The van der Waals surface area contributed by atoms with Gasteiger partial charge in [-0.05, 0) is 32.5 Å². The van der Waals surface area contributed by atoms with Crippen molar-refractivity contribution in [3.05, 3.63) is 30.1 Å². The SMILES string of the molecule is CCN(Cc1ccccn1)C(C)(C)CO. The molecule has 0 atom stereocenters. The molecule has 0 amide bonds. The molecule has 0 radical (unpaired) electrons. The Labute approximate surface area is 91.8 Å². The summed E-state index contributed by atoms with van der Waals surface area (Å²) in [5.41, 5.74) is 0.854. The van der Waals surface area contributed by atoms with E-state index < -0.39 is 0 Å². The Balaban J connectivity index is 2.70. The van der Waals surface area contributed by atoms with Crippen LogP contribution in [0.25, 0.3) is 0 Å². The number of aromatic nitrogens is 1. The fraction of sp³-hybridized carbons (Fsp3) is 0.583. The maximum absolute atomic E-state index is 9.31. The summed E-state index contributed by atoms with van der Waals surface area (Å²) in [5, 5.41) is 9.31. The van der Waals surface area contributed by atoms with Crippen LogP contribution in [0.1, 0.15) is 26.5 Å². The fourth-order valence-corrected chi connectivity index (χ4v) is 1.54. The van der Waals surface area contributed by atoms with E-state index in [4.69, 9.17) is 0 Å². The van der Waals surface area contributed by atoms with Gasteiger partial charge in [0.25, 0.3) is 0 Å². The van der Waals surface area contributed by atoms with Gasteiger partial charge in [0.1, 0.15) is 0 Å². The Hall–Kier alpha value is -0.930. The van der Waals surface area contributed by atoms with E-state index in [1.54, 1.807) is 6.20 Å². The highest BCUT2D eigenvalue weighted by Gasteiger charge is 2.24. The zero-order chi connectivity index (χ0) is 11.3. The van der Waals surface area contributed by atoms with Crippen LogP contribution in [-0.2, 0) is 6.54 Å². The molecular weight excluding hydrogens is 188 g/mol. The molecule has 3 nitrogen and oxygen atoms in total. The Bertz CT molecular complexity index is 285. The van der Waals surface area contributed by atoms with E-state index in [9.17, 15) is 5.11 Å². The van der Waals surface area contributed by atoms with Crippen LogP contribution in [0.4, 0.5) is 0 Å². The minimum Gasteiger partial charge on any atom is -0.394 e.